The second kappa shape index (κ2) is 8.48. The molecular formula is C21H23N3O6. The van der Waals surface area contributed by atoms with Crippen molar-refractivity contribution in [1.29, 1.82) is 0 Å². The molecular weight excluding hydrogens is 390 g/mol. The van der Waals surface area contributed by atoms with Crippen LogP contribution in [0.15, 0.2) is 36.4 Å². The SMILES string of the molecule is COc1ccc(CN(C(=O)c2cc([N+](=O)[O-])cc([N+](=O)[O-])c2C)C(C)C2CC2)cc1. The van der Waals surface area contributed by atoms with Crippen LogP contribution in [0.3, 0.4) is 0 Å². The van der Waals surface area contributed by atoms with Crippen molar-refractivity contribution in [3.05, 3.63) is 73.3 Å². The minimum absolute atomic E-state index is 0.0167. The van der Waals surface area contributed by atoms with Crippen molar-refractivity contribution in [2.45, 2.75) is 39.3 Å². The lowest BCUT2D eigenvalue weighted by atomic mass is 10.0. The maximum absolute atomic E-state index is 13.5. The Balaban J connectivity index is 2.01. The van der Waals surface area contributed by atoms with Crippen molar-refractivity contribution in [3.8, 4) is 5.75 Å². The van der Waals surface area contributed by atoms with E-state index in [0.717, 1.165) is 30.5 Å². The number of carbonyl (C=O) groups is 1. The topological polar surface area (TPSA) is 116 Å². The van der Waals surface area contributed by atoms with Gasteiger partial charge in [0, 0.05) is 24.2 Å². The van der Waals surface area contributed by atoms with Crippen LogP contribution in [0.5, 0.6) is 5.75 Å². The van der Waals surface area contributed by atoms with Gasteiger partial charge in [-0.25, -0.2) is 0 Å². The van der Waals surface area contributed by atoms with Crippen molar-refractivity contribution >= 4 is 17.3 Å². The van der Waals surface area contributed by atoms with Gasteiger partial charge in [-0.15, -0.1) is 0 Å². The summed E-state index contributed by atoms with van der Waals surface area (Å²) in [6.07, 6.45) is 2.00. The molecule has 0 heterocycles. The molecule has 0 aromatic heterocycles. The molecule has 0 saturated heterocycles. The molecule has 3 rings (SSSR count). The lowest BCUT2D eigenvalue weighted by Gasteiger charge is -2.30. The van der Waals surface area contributed by atoms with E-state index in [0.29, 0.717) is 11.7 Å². The smallest absolute Gasteiger partial charge is 0.279 e. The quantitative estimate of drug-likeness (QED) is 0.471. The number of rotatable bonds is 8. The maximum Gasteiger partial charge on any atom is 0.279 e. The number of nitro benzene ring substituents is 2. The van der Waals surface area contributed by atoms with Crippen LogP contribution in [0, 0.1) is 33.1 Å². The number of non-ortho nitro benzene ring substituents is 1. The van der Waals surface area contributed by atoms with E-state index in [2.05, 4.69) is 0 Å². The van der Waals surface area contributed by atoms with Gasteiger partial charge in [0.1, 0.15) is 5.75 Å². The van der Waals surface area contributed by atoms with Gasteiger partial charge in [0.05, 0.1) is 28.6 Å². The van der Waals surface area contributed by atoms with Crippen molar-refractivity contribution in [2.75, 3.05) is 7.11 Å². The molecule has 1 unspecified atom stereocenters. The van der Waals surface area contributed by atoms with Crippen LogP contribution in [-0.2, 0) is 6.54 Å². The molecule has 0 N–H and O–H groups in total. The molecule has 0 bridgehead atoms. The maximum atomic E-state index is 13.5. The Kier molecular flexibility index (Phi) is 6.00. The van der Waals surface area contributed by atoms with Gasteiger partial charge in [-0.1, -0.05) is 12.1 Å². The lowest BCUT2D eigenvalue weighted by molar-refractivity contribution is -0.394. The summed E-state index contributed by atoms with van der Waals surface area (Å²) in [5.74, 6) is 0.590. The molecule has 1 aliphatic carbocycles. The summed E-state index contributed by atoms with van der Waals surface area (Å²) in [4.78, 5) is 36.4. The summed E-state index contributed by atoms with van der Waals surface area (Å²) in [6.45, 7) is 3.68. The van der Waals surface area contributed by atoms with Gasteiger partial charge in [0.25, 0.3) is 17.3 Å². The van der Waals surface area contributed by atoms with E-state index in [1.54, 1.807) is 24.1 Å². The third kappa shape index (κ3) is 4.40. The van der Waals surface area contributed by atoms with E-state index >= 15 is 0 Å². The van der Waals surface area contributed by atoms with E-state index in [9.17, 15) is 25.0 Å². The highest BCUT2D eigenvalue weighted by Gasteiger charge is 2.36. The molecule has 1 amide bonds. The Morgan fingerprint density at radius 3 is 2.30 bits per heavy atom. The zero-order valence-electron chi connectivity index (χ0n) is 17.0. The average molecular weight is 413 g/mol. The van der Waals surface area contributed by atoms with Crippen LogP contribution >= 0.6 is 0 Å². The predicted molar refractivity (Wildman–Crippen MR) is 110 cm³/mol. The molecule has 0 spiro atoms. The van der Waals surface area contributed by atoms with Crippen molar-refractivity contribution < 1.29 is 19.4 Å². The Bertz CT molecular complexity index is 985. The average Bonchev–Trinajstić information content (AvgIpc) is 3.56. The molecule has 1 atom stereocenters. The first-order valence-corrected chi connectivity index (χ1v) is 9.60. The Labute approximate surface area is 173 Å². The number of carbonyl (C=O) groups excluding carboxylic acids is 1. The van der Waals surface area contributed by atoms with Gasteiger partial charge in [0.2, 0.25) is 0 Å². The number of hydrogen-bond donors (Lipinski definition) is 0. The van der Waals surface area contributed by atoms with E-state index in [4.69, 9.17) is 4.74 Å². The largest absolute Gasteiger partial charge is 0.497 e. The van der Waals surface area contributed by atoms with Crippen molar-refractivity contribution in [1.82, 2.24) is 4.90 Å². The molecule has 9 nitrogen and oxygen atoms in total. The van der Waals surface area contributed by atoms with Gasteiger partial charge in [-0.05, 0) is 50.3 Å². The summed E-state index contributed by atoms with van der Waals surface area (Å²) in [5.41, 5.74) is 0.0691. The van der Waals surface area contributed by atoms with Gasteiger partial charge >= 0.3 is 0 Å². The summed E-state index contributed by atoms with van der Waals surface area (Å²) < 4.78 is 5.17. The van der Waals surface area contributed by atoms with Gasteiger partial charge in [-0.3, -0.25) is 25.0 Å². The lowest BCUT2D eigenvalue weighted by Crippen LogP contribution is -2.39. The Hall–Kier alpha value is -3.49. The first-order valence-electron chi connectivity index (χ1n) is 9.60. The highest BCUT2D eigenvalue weighted by atomic mass is 16.6. The number of ether oxygens (including phenoxy) is 1. The molecule has 2 aromatic rings. The van der Waals surface area contributed by atoms with Crippen LogP contribution in [0.4, 0.5) is 11.4 Å². The van der Waals surface area contributed by atoms with Crippen LogP contribution in [-0.4, -0.2) is 33.8 Å². The molecule has 0 radical (unpaired) electrons. The van der Waals surface area contributed by atoms with Crippen LogP contribution in [0.2, 0.25) is 0 Å². The monoisotopic (exact) mass is 413 g/mol. The Morgan fingerprint density at radius 2 is 1.80 bits per heavy atom. The van der Waals surface area contributed by atoms with Crippen LogP contribution < -0.4 is 4.74 Å². The third-order valence-electron chi connectivity index (χ3n) is 5.57. The highest BCUT2D eigenvalue weighted by molar-refractivity contribution is 5.97. The number of nitro groups is 2. The molecule has 30 heavy (non-hydrogen) atoms. The number of methoxy groups -OCH3 is 1. The molecule has 2 aromatic carbocycles. The normalized spacial score (nSPS) is 14.1. The number of nitrogens with zero attached hydrogens (tertiary/aromatic N) is 3. The molecule has 158 valence electrons. The zero-order valence-corrected chi connectivity index (χ0v) is 17.0. The second-order valence-corrected chi connectivity index (χ2v) is 7.51. The molecule has 1 saturated carbocycles. The summed E-state index contributed by atoms with van der Waals surface area (Å²) in [6, 6.07) is 9.21. The summed E-state index contributed by atoms with van der Waals surface area (Å²) >= 11 is 0. The first-order chi connectivity index (χ1) is 14.2. The minimum Gasteiger partial charge on any atom is -0.497 e. The third-order valence-corrected chi connectivity index (χ3v) is 5.57. The summed E-state index contributed by atoms with van der Waals surface area (Å²) in [5, 5.41) is 22.7. The van der Waals surface area contributed by atoms with E-state index < -0.39 is 27.1 Å². The standard InChI is InChI=1S/C21H23N3O6/c1-13-19(10-17(23(26)27)11-20(13)24(28)29)21(25)22(14(2)16-6-7-16)12-15-4-8-18(30-3)9-5-15/h4-5,8-11,14,16H,6-7,12H2,1-3H3. The highest BCUT2D eigenvalue weighted by Crippen LogP contribution is 2.37. The van der Waals surface area contributed by atoms with Gasteiger partial charge in [0.15, 0.2) is 0 Å². The van der Waals surface area contributed by atoms with Gasteiger partial charge < -0.3 is 9.64 Å². The van der Waals surface area contributed by atoms with E-state index in [1.165, 1.54) is 6.92 Å². The first kappa shape index (κ1) is 21.2. The molecule has 0 aliphatic heterocycles. The summed E-state index contributed by atoms with van der Waals surface area (Å²) in [7, 11) is 1.57. The molecule has 9 heteroatoms. The predicted octanol–water partition coefficient (Wildman–Crippen LogP) is 4.26. The molecule has 1 fully saturated rings. The number of benzene rings is 2. The van der Waals surface area contributed by atoms with Crippen molar-refractivity contribution in [2.24, 2.45) is 5.92 Å². The van der Waals surface area contributed by atoms with Crippen LogP contribution in [0.1, 0.15) is 41.3 Å². The van der Waals surface area contributed by atoms with E-state index in [1.807, 2.05) is 19.1 Å². The fraction of sp³-hybridized carbons (Fsp3) is 0.381. The zero-order chi connectivity index (χ0) is 22.0. The van der Waals surface area contributed by atoms with E-state index in [-0.39, 0.29) is 23.7 Å². The molecule has 1 aliphatic rings. The number of amides is 1. The fourth-order valence-corrected chi connectivity index (χ4v) is 3.52. The minimum atomic E-state index is -0.721. The van der Waals surface area contributed by atoms with Crippen LogP contribution in [0.25, 0.3) is 0 Å². The fourth-order valence-electron chi connectivity index (χ4n) is 3.52. The van der Waals surface area contributed by atoms with Gasteiger partial charge in [-0.2, -0.15) is 0 Å². The number of hydrogen-bond acceptors (Lipinski definition) is 6. The van der Waals surface area contributed by atoms with Crippen molar-refractivity contribution in [3.63, 3.8) is 0 Å². The Morgan fingerprint density at radius 1 is 1.17 bits per heavy atom. The second-order valence-electron chi connectivity index (χ2n) is 7.51.